The highest BCUT2D eigenvalue weighted by Gasteiger charge is 2.34. The van der Waals surface area contributed by atoms with E-state index in [4.69, 9.17) is 4.84 Å². The Morgan fingerprint density at radius 3 is 2.33 bits per heavy atom. The van der Waals surface area contributed by atoms with Crippen LogP contribution in [0, 0.1) is 11.3 Å². The summed E-state index contributed by atoms with van der Waals surface area (Å²) in [5, 5.41) is 6.92. The van der Waals surface area contributed by atoms with E-state index in [9.17, 15) is 14.4 Å². The van der Waals surface area contributed by atoms with Crippen molar-refractivity contribution < 1.29 is 19.2 Å². The van der Waals surface area contributed by atoms with Gasteiger partial charge in [-0.3, -0.25) is 19.2 Å². The van der Waals surface area contributed by atoms with Gasteiger partial charge in [0.25, 0.3) is 0 Å². The number of carbonyl (C=O) groups excluding carboxylic acids is 3. The van der Waals surface area contributed by atoms with Gasteiger partial charge in [0.05, 0.1) is 12.5 Å². The largest absolute Gasteiger partial charge is 0.354 e. The highest BCUT2D eigenvalue weighted by Crippen LogP contribution is 2.21. The third-order valence-electron chi connectivity index (χ3n) is 5.15. The number of carbonyl (C=O) groups is 3. The molecule has 0 aromatic heterocycles. The molecule has 3 amide bonds. The number of hydrogen-bond acceptors (Lipinski definition) is 4. The SMILES string of the molecule is C=CCCC[C@H](CN(C=O)OCc1ccccc1)C(=O)N[C@H](C(=O)NCCC=C)C(C)(C)C. The van der Waals surface area contributed by atoms with Crippen LogP contribution in [0.4, 0.5) is 0 Å². The van der Waals surface area contributed by atoms with E-state index in [-0.39, 0.29) is 25.0 Å². The Balaban J connectivity index is 2.88. The summed E-state index contributed by atoms with van der Waals surface area (Å²) >= 11 is 0. The summed E-state index contributed by atoms with van der Waals surface area (Å²) in [6.45, 7) is 13.9. The third-order valence-corrected chi connectivity index (χ3v) is 5.15. The first-order valence-corrected chi connectivity index (χ1v) is 11.4. The monoisotopic (exact) mass is 457 g/mol. The van der Waals surface area contributed by atoms with Crippen LogP contribution < -0.4 is 10.6 Å². The minimum Gasteiger partial charge on any atom is -0.354 e. The van der Waals surface area contributed by atoms with Gasteiger partial charge in [-0.1, -0.05) is 63.3 Å². The van der Waals surface area contributed by atoms with E-state index in [1.165, 1.54) is 0 Å². The molecule has 182 valence electrons. The molecule has 0 aliphatic heterocycles. The quantitative estimate of drug-likeness (QED) is 0.171. The molecule has 0 aliphatic carbocycles. The second-order valence-corrected chi connectivity index (χ2v) is 9.06. The fourth-order valence-corrected chi connectivity index (χ4v) is 3.22. The average molecular weight is 458 g/mol. The van der Waals surface area contributed by atoms with Crippen LogP contribution >= 0.6 is 0 Å². The molecule has 0 aliphatic rings. The predicted molar refractivity (Wildman–Crippen MR) is 131 cm³/mol. The fraction of sp³-hybridized carbons (Fsp3) is 0.500. The molecule has 0 heterocycles. The predicted octanol–water partition coefficient (Wildman–Crippen LogP) is 3.77. The lowest BCUT2D eigenvalue weighted by atomic mass is 9.85. The van der Waals surface area contributed by atoms with Gasteiger partial charge in [-0.05, 0) is 36.7 Å². The molecule has 7 nitrogen and oxygen atoms in total. The number of unbranched alkanes of at least 4 members (excludes halogenated alkanes) is 1. The van der Waals surface area contributed by atoms with E-state index < -0.39 is 17.4 Å². The number of benzene rings is 1. The van der Waals surface area contributed by atoms with E-state index in [2.05, 4.69) is 23.8 Å². The van der Waals surface area contributed by atoms with Crippen molar-refractivity contribution >= 4 is 18.2 Å². The molecule has 0 saturated carbocycles. The maximum Gasteiger partial charge on any atom is 0.243 e. The zero-order valence-electron chi connectivity index (χ0n) is 20.2. The second kappa shape index (κ2) is 15.0. The van der Waals surface area contributed by atoms with Gasteiger partial charge in [-0.15, -0.1) is 13.2 Å². The maximum atomic E-state index is 13.2. The Kier molecular flexibility index (Phi) is 12.8. The van der Waals surface area contributed by atoms with Gasteiger partial charge < -0.3 is 10.6 Å². The summed E-state index contributed by atoms with van der Waals surface area (Å²) in [5.41, 5.74) is 0.425. The van der Waals surface area contributed by atoms with E-state index in [0.717, 1.165) is 23.5 Å². The van der Waals surface area contributed by atoms with E-state index >= 15 is 0 Å². The Labute approximate surface area is 198 Å². The number of nitrogens with zero attached hydrogens (tertiary/aromatic N) is 1. The molecular formula is C26H39N3O4. The number of amides is 3. The summed E-state index contributed by atoms with van der Waals surface area (Å²) in [6.07, 6.45) is 6.77. The zero-order chi connectivity index (χ0) is 24.7. The zero-order valence-corrected chi connectivity index (χ0v) is 20.2. The molecule has 33 heavy (non-hydrogen) atoms. The van der Waals surface area contributed by atoms with Gasteiger partial charge >= 0.3 is 0 Å². The minimum atomic E-state index is -0.716. The summed E-state index contributed by atoms with van der Waals surface area (Å²) in [4.78, 5) is 43.2. The first-order chi connectivity index (χ1) is 15.7. The molecule has 7 heteroatoms. The van der Waals surface area contributed by atoms with Gasteiger partial charge in [0.15, 0.2) is 0 Å². The lowest BCUT2D eigenvalue weighted by Crippen LogP contribution is -2.55. The van der Waals surface area contributed by atoms with Crippen LogP contribution in [-0.2, 0) is 25.8 Å². The van der Waals surface area contributed by atoms with Gasteiger partial charge in [0.2, 0.25) is 18.2 Å². The van der Waals surface area contributed by atoms with Crippen molar-refractivity contribution in [2.24, 2.45) is 11.3 Å². The molecular weight excluding hydrogens is 418 g/mol. The minimum absolute atomic E-state index is 0.0915. The number of allylic oxidation sites excluding steroid dienone is 1. The standard InChI is InChI=1S/C26H39N3O4/c1-6-8-11-16-22(18-29(20-30)33-19-21-14-12-10-13-15-21)24(31)28-23(26(3,4)5)25(32)27-17-9-7-2/h6-7,10,12-15,20,22-23H,1-2,8-9,11,16-19H2,3-5H3,(H,27,32)(H,28,31)/t22-,23-/m1/s1. The first kappa shape index (κ1) is 28.1. The van der Waals surface area contributed by atoms with Crippen molar-refractivity contribution in [3.63, 3.8) is 0 Å². The molecule has 0 spiro atoms. The molecule has 0 radical (unpaired) electrons. The van der Waals surface area contributed by atoms with Crippen molar-refractivity contribution in [3.05, 3.63) is 61.2 Å². The van der Waals surface area contributed by atoms with Crippen LogP contribution in [0.25, 0.3) is 0 Å². The number of hydrogen-bond donors (Lipinski definition) is 2. The normalized spacial score (nSPS) is 12.8. The van der Waals surface area contributed by atoms with Crippen molar-refractivity contribution in [2.45, 2.75) is 59.1 Å². The molecule has 2 atom stereocenters. The van der Waals surface area contributed by atoms with Gasteiger partial charge in [-0.2, -0.15) is 0 Å². The molecule has 1 aromatic rings. The molecule has 0 unspecified atom stereocenters. The fourth-order valence-electron chi connectivity index (χ4n) is 3.22. The van der Waals surface area contributed by atoms with Crippen LogP contribution in [-0.4, -0.2) is 42.4 Å². The van der Waals surface area contributed by atoms with Crippen molar-refractivity contribution in [2.75, 3.05) is 13.1 Å². The van der Waals surface area contributed by atoms with E-state index in [0.29, 0.717) is 25.8 Å². The van der Waals surface area contributed by atoms with Gasteiger partial charge in [-0.25, -0.2) is 5.06 Å². The van der Waals surface area contributed by atoms with E-state index in [1.54, 1.807) is 12.2 Å². The third kappa shape index (κ3) is 11.0. The Bertz CT molecular complexity index is 759. The lowest BCUT2D eigenvalue weighted by Gasteiger charge is -2.32. The Hall–Kier alpha value is -2.93. The Morgan fingerprint density at radius 1 is 1.09 bits per heavy atom. The van der Waals surface area contributed by atoms with Gasteiger partial charge in [0.1, 0.15) is 12.6 Å². The number of nitrogens with one attached hydrogen (secondary N) is 2. The van der Waals surface area contributed by atoms with Crippen LogP contribution in [0.15, 0.2) is 55.6 Å². The number of rotatable bonds is 16. The number of hydroxylamine groups is 2. The van der Waals surface area contributed by atoms with Crippen LogP contribution in [0.1, 0.15) is 52.0 Å². The molecule has 2 N–H and O–H groups in total. The highest BCUT2D eigenvalue weighted by atomic mass is 16.7. The average Bonchev–Trinajstić information content (AvgIpc) is 2.79. The summed E-state index contributed by atoms with van der Waals surface area (Å²) in [6, 6.07) is 8.77. The molecule has 0 bridgehead atoms. The topological polar surface area (TPSA) is 87.7 Å². The molecule has 0 saturated heterocycles. The lowest BCUT2D eigenvalue weighted by molar-refractivity contribution is -0.182. The maximum absolute atomic E-state index is 13.2. The van der Waals surface area contributed by atoms with E-state index in [1.807, 2.05) is 51.1 Å². The van der Waals surface area contributed by atoms with Crippen molar-refractivity contribution in [1.29, 1.82) is 0 Å². The molecule has 0 fully saturated rings. The molecule has 1 aromatic carbocycles. The summed E-state index contributed by atoms with van der Waals surface area (Å²) < 4.78 is 0. The first-order valence-electron chi connectivity index (χ1n) is 11.4. The van der Waals surface area contributed by atoms with Gasteiger partial charge in [0, 0.05) is 6.54 Å². The summed E-state index contributed by atoms with van der Waals surface area (Å²) in [7, 11) is 0. The molecule has 1 rings (SSSR count). The van der Waals surface area contributed by atoms with Crippen LogP contribution in [0.5, 0.6) is 0 Å². The highest BCUT2D eigenvalue weighted by molar-refractivity contribution is 5.89. The second-order valence-electron chi connectivity index (χ2n) is 9.06. The Morgan fingerprint density at radius 2 is 1.76 bits per heavy atom. The van der Waals surface area contributed by atoms with Crippen LogP contribution in [0.3, 0.4) is 0 Å². The van der Waals surface area contributed by atoms with Crippen molar-refractivity contribution in [3.8, 4) is 0 Å². The van der Waals surface area contributed by atoms with Crippen molar-refractivity contribution in [1.82, 2.24) is 15.7 Å². The summed E-state index contributed by atoms with van der Waals surface area (Å²) in [5.74, 6) is -1.06. The smallest absolute Gasteiger partial charge is 0.243 e. The van der Waals surface area contributed by atoms with Crippen LogP contribution in [0.2, 0.25) is 0 Å².